The molecule has 1 aromatic rings. The van der Waals surface area contributed by atoms with Crippen LogP contribution in [0.4, 0.5) is 5.69 Å². The van der Waals surface area contributed by atoms with Gasteiger partial charge < -0.3 is 10.6 Å². The normalized spacial score (nSPS) is 11.0. The van der Waals surface area contributed by atoms with Gasteiger partial charge >= 0.3 is 11.8 Å². The molecule has 23 heavy (non-hydrogen) atoms. The van der Waals surface area contributed by atoms with Crippen molar-refractivity contribution in [2.75, 3.05) is 5.32 Å². The zero-order chi connectivity index (χ0) is 17.6. The van der Waals surface area contributed by atoms with E-state index in [0.717, 1.165) is 0 Å². The third kappa shape index (κ3) is 6.04. The van der Waals surface area contributed by atoms with Crippen molar-refractivity contribution in [3.63, 3.8) is 0 Å². The molecule has 0 aliphatic rings. The maximum Gasteiger partial charge on any atom is 0.324 e. The van der Waals surface area contributed by atoms with Crippen LogP contribution in [-0.4, -0.2) is 32.2 Å². The van der Waals surface area contributed by atoms with Gasteiger partial charge in [-0.3, -0.25) is 19.8 Å². The van der Waals surface area contributed by atoms with Gasteiger partial charge in [0.25, 0.3) is 10.0 Å². The molecule has 0 saturated heterocycles. The number of hydrogen-bond acceptors (Lipinski definition) is 5. The van der Waals surface area contributed by atoms with E-state index in [2.05, 4.69) is 10.6 Å². The molecule has 1 aromatic carbocycles. The Labute approximate surface area is 133 Å². The molecule has 0 spiro atoms. The molecule has 0 aliphatic carbocycles. The number of anilines is 1. The highest BCUT2D eigenvalue weighted by atomic mass is 32.2. The number of hydrogen-bond donors (Lipinski definition) is 4. The SMILES string of the molecule is CC(=O)Nc1ccc(S(=O)(=O)NNC(=O)C(=O)NC(C)C)cc1. The number of rotatable bonds is 5. The van der Waals surface area contributed by atoms with E-state index in [9.17, 15) is 22.8 Å². The average Bonchev–Trinajstić information content (AvgIpc) is 2.44. The summed E-state index contributed by atoms with van der Waals surface area (Å²) in [5.41, 5.74) is 2.24. The van der Waals surface area contributed by atoms with Gasteiger partial charge in [-0.15, -0.1) is 4.83 Å². The van der Waals surface area contributed by atoms with Crippen molar-refractivity contribution < 1.29 is 22.8 Å². The minimum Gasteiger partial charge on any atom is -0.346 e. The van der Waals surface area contributed by atoms with E-state index in [0.29, 0.717) is 5.69 Å². The average molecular weight is 342 g/mol. The van der Waals surface area contributed by atoms with Crippen molar-refractivity contribution in [1.29, 1.82) is 0 Å². The minimum atomic E-state index is -4.04. The lowest BCUT2D eigenvalue weighted by molar-refractivity contribution is -0.139. The zero-order valence-corrected chi connectivity index (χ0v) is 13.7. The summed E-state index contributed by atoms with van der Waals surface area (Å²) >= 11 is 0. The number of carbonyl (C=O) groups is 3. The summed E-state index contributed by atoms with van der Waals surface area (Å²) in [6.45, 7) is 4.64. The smallest absolute Gasteiger partial charge is 0.324 e. The molecule has 0 unspecified atom stereocenters. The van der Waals surface area contributed by atoms with Crippen LogP contribution in [0, 0.1) is 0 Å². The van der Waals surface area contributed by atoms with Gasteiger partial charge in [0.05, 0.1) is 4.90 Å². The predicted octanol–water partition coefficient (Wildman–Crippen LogP) is -0.521. The van der Waals surface area contributed by atoms with E-state index in [-0.39, 0.29) is 16.8 Å². The Kier molecular flexibility index (Phi) is 6.22. The van der Waals surface area contributed by atoms with Crippen LogP contribution in [0.2, 0.25) is 0 Å². The summed E-state index contributed by atoms with van der Waals surface area (Å²) in [7, 11) is -4.04. The van der Waals surface area contributed by atoms with Crippen LogP contribution in [0.25, 0.3) is 0 Å². The first-order valence-corrected chi connectivity index (χ1v) is 8.10. The molecule has 0 atom stereocenters. The van der Waals surface area contributed by atoms with Crippen LogP contribution in [0.5, 0.6) is 0 Å². The Morgan fingerprint density at radius 3 is 2.04 bits per heavy atom. The van der Waals surface area contributed by atoms with E-state index in [1.165, 1.54) is 31.2 Å². The van der Waals surface area contributed by atoms with E-state index in [1.54, 1.807) is 13.8 Å². The maximum atomic E-state index is 12.0. The van der Waals surface area contributed by atoms with E-state index >= 15 is 0 Å². The third-order valence-electron chi connectivity index (χ3n) is 2.41. The molecule has 0 fully saturated rings. The van der Waals surface area contributed by atoms with Crippen molar-refractivity contribution >= 4 is 33.4 Å². The fourth-order valence-corrected chi connectivity index (χ4v) is 2.32. The number of benzene rings is 1. The number of nitrogens with one attached hydrogen (secondary N) is 4. The second-order valence-corrected chi connectivity index (χ2v) is 6.58. The molecular weight excluding hydrogens is 324 g/mol. The van der Waals surface area contributed by atoms with Crippen LogP contribution in [0.1, 0.15) is 20.8 Å². The van der Waals surface area contributed by atoms with Crippen molar-refractivity contribution in [2.45, 2.75) is 31.7 Å². The van der Waals surface area contributed by atoms with Crippen molar-refractivity contribution in [2.24, 2.45) is 0 Å². The Bertz CT molecular complexity index is 698. The summed E-state index contributed by atoms with van der Waals surface area (Å²) in [6.07, 6.45) is 0. The third-order valence-corrected chi connectivity index (χ3v) is 3.67. The minimum absolute atomic E-state index is 0.142. The summed E-state index contributed by atoms with van der Waals surface area (Å²) < 4.78 is 23.9. The number of hydrazine groups is 1. The monoisotopic (exact) mass is 342 g/mol. The van der Waals surface area contributed by atoms with Crippen LogP contribution >= 0.6 is 0 Å². The van der Waals surface area contributed by atoms with Gasteiger partial charge in [-0.1, -0.05) is 0 Å². The van der Waals surface area contributed by atoms with Gasteiger partial charge in [-0.2, -0.15) is 0 Å². The van der Waals surface area contributed by atoms with E-state index in [4.69, 9.17) is 0 Å². The lowest BCUT2D eigenvalue weighted by atomic mass is 10.3. The number of amides is 3. The molecule has 0 saturated carbocycles. The molecule has 126 valence electrons. The summed E-state index contributed by atoms with van der Waals surface area (Å²) in [5.74, 6) is -2.37. The first-order chi connectivity index (χ1) is 10.6. The van der Waals surface area contributed by atoms with Crippen LogP contribution in [0.15, 0.2) is 29.2 Å². The molecule has 1 rings (SSSR count). The Morgan fingerprint density at radius 2 is 1.57 bits per heavy atom. The van der Waals surface area contributed by atoms with Crippen LogP contribution in [-0.2, 0) is 24.4 Å². The Morgan fingerprint density at radius 1 is 1.00 bits per heavy atom. The standard InChI is InChI=1S/C13H18N4O5S/c1-8(2)14-12(19)13(20)16-17-23(21,22)11-6-4-10(5-7-11)15-9(3)18/h4-8,17H,1-3H3,(H,14,19)(H,15,18)(H,16,20). The van der Waals surface area contributed by atoms with Gasteiger partial charge in [0.1, 0.15) is 0 Å². The summed E-state index contributed by atoms with van der Waals surface area (Å²) in [5, 5.41) is 4.81. The highest BCUT2D eigenvalue weighted by Crippen LogP contribution is 2.13. The van der Waals surface area contributed by atoms with Crippen LogP contribution in [0.3, 0.4) is 0 Å². The molecule has 0 aliphatic heterocycles. The molecule has 10 heteroatoms. The predicted molar refractivity (Wildman–Crippen MR) is 82.5 cm³/mol. The molecule has 3 amide bonds. The lowest BCUT2D eigenvalue weighted by Crippen LogP contribution is -2.49. The number of sulfonamides is 1. The Hall–Kier alpha value is -2.46. The fourth-order valence-electron chi connectivity index (χ4n) is 1.48. The quantitative estimate of drug-likeness (QED) is 0.422. The van der Waals surface area contributed by atoms with Gasteiger partial charge in [0.15, 0.2) is 0 Å². The molecule has 0 aromatic heterocycles. The topological polar surface area (TPSA) is 133 Å². The fraction of sp³-hybridized carbons (Fsp3) is 0.308. The van der Waals surface area contributed by atoms with Crippen molar-refractivity contribution in [3.05, 3.63) is 24.3 Å². The molecule has 0 bridgehead atoms. The van der Waals surface area contributed by atoms with Gasteiger partial charge in [-0.25, -0.2) is 8.42 Å². The van der Waals surface area contributed by atoms with Crippen LogP contribution < -0.4 is 20.9 Å². The number of carbonyl (C=O) groups excluding carboxylic acids is 3. The molecule has 9 nitrogen and oxygen atoms in total. The van der Waals surface area contributed by atoms with Gasteiger partial charge in [0.2, 0.25) is 5.91 Å². The second kappa shape index (κ2) is 7.70. The molecule has 4 N–H and O–H groups in total. The molecular formula is C13H18N4O5S. The Balaban J connectivity index is 2.70. The van der Waals surface area contributed by atoms with Gasteiger partial charge in [0, 0.05) is 18.7 Å². The largest absolute Gasteiger partial charge is 0.346 e. The summed E-state index contributed by atoms with van der Waals surface area (Å²) in [6, 6.07) is 5.01. The highest BCUT2D eigenvalue weighted by Gasteiger charge is 2.19. The summed E-state index contributed by atoms with van der Waals surface area (Å²) in [4.78, 5) is 35.3. The zero-order valence-electron chi connectivity index (χ0n) is 12.8. The maximum absolute atomic E-state index is 12.0. The van der Waals surface area contributed by atoms with Crippen molar-refractivity contribution in [1.82, 2.24) is 15.6 Å². The molecule has 0 heterocycles. The molecule has 0 radical (unpaired) electrons. The first kappa shape index (κ1) is 18.6. The second-order valence-electron chi connectivity index (χ2n) is 4.89. The van der Waals surface area contributed by atoms with E-state index < -0.39 is 21.8 Å². The first-order valence-electron chi connectivity index (χ1n) is 6.62. The van der Waals surface area contributed by atoms with Crippen molar-refractivity contribution in [3.8, 4) is 0 Å². The highest BCUT2D eigenvalue weighted by molar-refractivity contribution is 7.89. The van der Waals surface area contributed by atoms with E-state index in [1.807, 2.05) is 10.3 Å². The van der Waals surface area contributed by atoms with Gasteiger partial charge in [-0.05, 0) is 38.1 Å². The lowest BCUT2D eigenvalue weighted by Gasteiger charge is -2.10.